The van der Waals surface area contributed by atoms with Crippen LogP contribution >= 0.6 is 11.3 Å². The average molecular weight is 251 g/mol. The molecule has 0 fully saturated rings. The summed E-state index contributed by atoms with van der Waals surface area (Å²) in [5.41, 5.74) is 3.93. The number of nitrogens with zero attached hydrogens (tertiary/aromatic N) is 1. The van der Waals surface area contributed by atoms with E-state index in [4.69, 9.17) is 0 Å². The highest BCUT2D eigenvalue weighted by atomic mass is 32.1. The standard InChI is InChI=1S/C15H9NOS/c17-8-10-5-9-6-15-12(7-13(9)16-10)11-3-1-2-4-14(11)18-15/h1-5,7-8H,6H2. The Hall–Kier alpha value is -2.00. The third kappa shape index (κ3) is 1.28. The first-order valence-corrected chi connectivity index (χ1v) is 6.64. The number of aldehydes is 1. The number of thiophene rings is 1. The molecular formula is C15H9NOS. The molecule has 0 atom stereocenters. The van der Waals surface area contributed by atoms with Gasteiger partial charge < -0.3 is 0 Å². The van der Waals surface area contributed by atoms with E-state index in [1.165, 1.54) is 20.5 Å². The van der Waals surface area contributed by atoms with Crippen LogP contribution in [0, 0.1) is 0 Å². The van der Waals surface area contributed by atoms with Crippen LogP contribution in [0.25, 0.3) is 16.2 Å². The summed E-state index contributed by atoms with van der Waals surface area (Å²) in [5, 5.41) is 1.29. The Morgan fingerprint density at radius 3 is 3.00 bits per heavy atom. The van der Waals surface area contributed by atoms with Gasteiger partial charge in [-0.3, -0.25) is 4.79 Å². The molecule has 3 heteroatoms. The number of fused-ring (bicyclic) bond motifs is 4. The molecule has 0 saturated heterocycles. The molecule has 0 saturated carbocycles. The van der Waals surface area contributed by atoms with E-state index >= 15 is 0 Å². The third-order valence-electron chi connectivity index (χ3n) is 3.36. The summed E-state index contributed by atoms with van der Waals surface area (Å²) in [4.78, 5) is 16.5. The lowest BCUT2D eigenvalue weighted by Gasteiger charge is -2.10. The Labute approximate surface area is 108 Å². The maximum Gasteiger partial charge on any atom is 0.168 e. The van der Waals surface area contributed by atoms with Crippen LogP contribution < -0.4 is 0 Å². The average Bonchev–Trinajstić information content (AvgIpc) is 2.95. The fourth-order valence-electron chi connectivity index (χ4n) is 2.54. The van der Waals surface area contributed by atoms with Crippen molar-refractivity contribution in [3.05, 3.63) is 52.1 Å². The summed E-state index contributed by atoms with van der Waals surface area (Å²) in [6, 6.07) is 8.44. The summed E-state index contributed by atoms with van der Waals surface area (Å²) in [5.74, 6) is 0. The molecule has 0 unspecified atom stereocenters. The van der Waals surface area contributed by atoms with Gasteiger partial charge in [0.2, 0.25) is 0 Å². The van der Waals surface area contributed by atoms with Crippen LogP contribution in [-0.2, 0) is 11.2 Å². The van der Waals surface area contributed by atoms with Crippen molar-refractivity contribution in [3.8, 4) is 0 Å². The van der Waals surface area contributed by atoms with Crippen molar-refractivity contribution in [1.29, 1.82) is 0 Å². The smallest absolute Gasteiger partial charge is 0.168 e. The monoisotopic (exact) mass is 251 g/mol. The molecule has 1 aromatic carbocycles. The molecule has 0 radical (unpaired) electrons. The van der Waals surface area contributed by atoms with Crippen molar-refractivity contribution in [2.75, 3.05) is 0 Å². The molecule has 18 heavy (non-hydrogen) atoms. The number of aliphatic imine (C=N–C) groups is 1. The van der Waals surface area contributed by atoms with Gasteiger partial charge in [-0.2, -0.15) is 0 Å². The van der Waals surface area contributed by atoms with Gasteiger partial charge in [0.05, 0.1) is 5.70 Å². The fraction of sp³-hybridized carbons (Fsp3) is 0.0667. The van der Waals surface area contributed by atoms with Crippen LogP contribution in [0.15, 0.2) is 46.6 Å². The Kier molecular flexibility index (Phi) is 1.94. The summed E-state index contributed by atoms with van der Waals surface area (Å²) in [6.07, 6.45) is 5.71. The first-order chi connectivity index (χ1) is 8.85. The first-order valence-electron chi connectivity index (χ1n) is 5.82. The molecule has 1 aliphatic heterocycles. The predicted octanol–water partition coefficient (Wildman–Crippen LogP) is 3.38. The van der Waals surface area contributed by atoms with E-state index in [9.17, 15) is 4.79 Å². The second-order valence-electron chi connectivity index (χ2n) is 4.47. The van der Waals surface area contributed by atoms with Gasteiger partial charge >= 0.3 is 0 Å². The highest BCUT2D eigenvalue weighted by Gasteiger charge is 2.23. The number of benzene rings is 1. The van der Waals surface area contributed by atoms with E-state index in [1.807, 2.05) is 17.4 Å². The zero-order chi connectivity index (χ0) is 12.1. The molecule has 2 aliphatic rings. The molecule has 86 valence electrons. The predicted molar refractivity (Wildman–Crippen MR) is 75.1 cm³/mol. The first kappa shape index (κ1) is 9.97. The normalized spacial score (nSPS) is 16.8. The number of carbonyl (C=O) groups excluding carboxylic acids is 1. The molecule has 0 N–H and O–H groups in total. The van der Waals surface area contributed by atoms with Crippen molar-refractivity contribution < 1.29 is 4.79 Å². The molecule has 1 aromatic heterocycles. The maximum absolute atomic E-state index is 10.8. The largest absolute Gasteiger partial charge is 0.296 e. The minimum absolute atomic E-state index is 0.538. The number of hydrogen-bond donors (Lipinski definition) is 0. The third-order valence-corrected chi connectivity index (χ3v) is 4.55. The van der Waals surface area contributed by atoms with Gasteiger partial charge in [0, 0.05) is 21.4 Å². The quantitative estimate of drug-likeness (QED) is 0.714. The Bertz CT molecular complexity index is 777. The molecule has 0 amide bonds. The van der Waals surface area contributed by atoms with Crippen molar-refractivity contribution in [3.63, 3.8) is 0 Å². The molecule has 1 aliphatic carbocycles. The van der Waals surface area contributed by atoms with Crippen LogP contribution in [-0.4, -0.2) is 12.0 Å². The Morgan fingerprint density at radius 2 is 2.11 bits per heavy atom. The highest BCUT2D eigenvalue weighted by Crippen LogP contribution is 2.40. The summed E-state index contributed by atoms with van der Waals surface area (Å²) in [6.45, 7) is 0. The van der Waals surface area contributed by atoms with Crippen LogP contribution in [0.1, 0.15) is 10.4 Å². The molecule has 2 aromatic rings. The number of rotatable bonds is 1. The molecule has 2 nitrogen and oxygen atoms in total. The lowest BCUT2D eigenvalue weighted by Crippen LogP contribution is -1.96. The Morgan fingerprint density at radius 1 is 1.22 bits per heavy atom. The summed E-state index contributed by atoms with van der Waals surface area (Å²) >= 11 is 1.83. The highest BCUT2D eigenvalue weighted by molar-refractivity contribution is 7.19. The van der Waals surface area contributed by atoms with Crippen molar-refractivity contribution in [1.82, 2.24) is 0 Å². The van der Waals surface area contributed by atoms with Crippen LogP contribution in [0.2, 0.25) is 0 Å². The van der Waals surface area contributed by atoms with E-state index in [0.29, 0.717) is 5.71 Å². The van der Waals surface area contributed by atoms with Gasteiger partial charge in [-0.05, 0) is 29.4 Å². The van der Waals surface area contributed by atoms with Gasteiger partial charge in [0.1, 0.15) is 5.71 Å². The molecule has 4 rings (SSSR count). The van der Waals surface area contributed by atoms with Crippen LogP contribution in [0.5, 0.6) is 0 Å². The second-order valence-corrected chi connectivity index (χ2v) is 5.60. The van der Waals surface area contributed by atoms with Crippen molar-refractivity contribution in [2.45, 2.75) is 6.42 Å². The summed E-state index contributed by atoms with van der Waals surface area (Å²) < 4.78 is 1.32. The Balaban J connectivity index is 1.97. The lowest BCUT2D eigenvalue weighted by atomic mass is 9.97. The van der Waals surface area contributed by atoms with Crippen LogP contribution in [0.4, 0.5) is 0 Å². The van der Waals surface area contributed by atoms with E-state index in [-0.39, 0.29) is 0 Å². The van der Waals surface area contributed by atoms with Gasteiger partial charge in [-0.15, -0.1) is 11.3 Å². The SMILES string of the molecule is O=CC1=NC2=Cc3c(sc4ccccc34)CC2=C1. The van der Waals surface area contributed by atoms with E-state index in [1.54, 1.807) is 0 Å². The number of carbonyl (C=O) groups is 1. The van der Waals surface area contributed by atoms with Crippen LogP contribution in [0.3, 0.4) is 0 Å². The van der Waals surface area contributed by atoms with Gasteiger partial charge in [0.15, 0.2) is 6.29 Å². The molecule has 0 bridgehead atoms. The zero-order valence-corrected chi connectivity index (χ0v) is 10.3. The van der Waals surface area contributed by atoms with Gasteiger partial charge in [-0.1, -0.05) is 18.2 Å². The minimum atomic E-state index is 0.538. The lowest BCUT2D eigenvalue weighted by molar-refractivity contribution is -0.102. The number of hydrogen-bond acceptors (Lipinski definition) is 3. The fourth-order valence-corrected chi connectivity index (χ4v) is 3.74. The molecule has 2 heterocycles. The second kappa shape index (κ2) is 3.50. The van der Waals surface area contributed by atoms with E-state index < -0.39 is 0 Å². The maximum atomic E-state index is 10.8. The van der Waals surface area contributed by atoms with E-state index in [2.05, 4.69) is 35.3 Å². The van der Waals surface area contributed by atoms with Gasteiger partial charge in [0.25, 0.3) is 0 Å². The van der Waals surface area contributed by atoms with Crippen molar-refractivity contribution in [2.24, 2.45) is 4.99 Å². The van der Waals surface area contributed by atoms with Crippen molar-refractivity contribution >= 4 is 39.5 Å². The number of allylic oxidation sites excluding steroid dienone is 2. The molecule has 0 spiro atoms. The van der Waals surface area contributed by atoms with E-state index in [0.717, 1.165) is 24.0 Å². The zero-order valence-electron chi connectivity index (χ0n) is 9.51. The molecular weight excluding hydrogens is 242 g/mol. The van der Waals surface area contributed by atoms with Gasteiger partial charge in [-0.25, -0.2) is 4.99 Å². The minimum Gasteiger partial charge on any atom is -0.296 e. The topological polar surface area (TPSA) is 29.4 Å². The summed E-state index contributed by atoms with van der Waals surface area (Å²) in [7, 11) is 0.